The maximum Gasteiger partial charge on any atom is 0.306 e. The molecule has 0 aliphatic rings. The summed E-state index contributed by atoms with van der Waals surface area (Å²) in [6, 6.07) is 0. The molecule has 7 heteroatoms. The van der Waals surface area contributed by atoms with Crippen LogP contribution in [0.4, 0.5) is 0 Å². The second kappa shape index (κ2) is 35.8. The van der Waals surface area contributed by atoms with Crippen LogP contribution >= 0.6 is 7.92 Å². The fraction of sp³-hybridized carbons (Fsp3) is 0.825. The van der Waals surface area contributed by atoms with Gasteiger partial charge in [0.15, 0.2) is 5.52 Å². The maximum atomic E-state index is 13.1. The number of hydrogen-bond donors (Lipinski definition) is 0. The zero-order valence-electron chi connectivity index (χ0n) is 31.3. The third-order valence-corrected chi connectivity index (χ3v) is 11.1. The second-order valence-electron chi connectivity index (χ2n) is 13.3. The number of hydrogen-bond acceptors (Lipinski definition) is 6. The normalized spacial score (nSPS) is 12.4. The van der Waals surface area contributed by atoms with Gasteiger partial charge in [-0.3, -0.25) is 14.4 Å². The van der Waals surface area contributed by atoms with Crippen molar-refractivity contribution in [3.63, 3.8) is 0 Å². The Kier molecular flexibility index (Phi) is 34.6. The van der Waals surface area contributed by atoms with Gasteiger partial charge in [0.05, 0.1) is 0 Å². The smallest absolute Gasteiger partial charge is 0.306 e. The Balaban J connectivity index is 4.07. The number of esters is 2. The van der Waals surface area contributed by atoms with Crippen LogP contribution < -0.4 is 0 Å². The molecule has 0 saturated heterocycles. The maximum absolute atomic E-state index is 13.1. The van der Waals surface area contributed by atoms with Crippen LogP contribution in [0.1, 0.15) is 168 Å². The summed E-state index contributed by atoms with van der Waals surface area (Å²) in [7, 11) is 3.56. The summed E-state index contributed by atoms with van der Waals surface area (Å²) in [5.41, 5.74) is 0.498. The van der Waals surface area contributed by atoms with Gasteiger partial charge in [-0.1, -0.05) is 115 Å². The van der Waals surface area contributed by atoms with Gasteiger partial charge in [0.25, 0.3) is 0 Å². The van der Waals surface area contributed by atoms with Gasteiger partial charge in [-0.15, -0.1) is 0 Å². The van der Waals surface area contributed by atoms with Crippen LogP contribution in [0.2, 0.25) is 0 Å². The van der Waals surface area contributed by atoms with Gasteiger partial charge in [-0.2, -0.15) is 0 Å². The minimum atomic E-state index is -0.571. The minimum absolute atomic E-state index is 0.0939. The molecule has 0 rings (SSSR count). The van der Waals surface area contributed by atoms with Crippen LogP contribution in [0, 0.1) is 0 Å². The lowest BCUT2D eigenvalue weighted by molar-refractivity contribution is -0.143. The van der Waals surface area contributed by atoms with Gasteiger partial charge in [-0.05, 0) is 98.7 Å². The molecule has 0 aromatic heterocycles. The van der Waals surface area contributed by atoms with Crippen molar-refractivity contribution in [1.82, 2.24) is 4.90 Å². The quantitative estimate of drug-likeness (QED) is 0.0287. The third-order valence-electron chi connectivity index (χ3n) is 8.43. The minimum Gasteiger partial charge on any atom is -0.461 e. The molecule has 0 aliphatic heterocycles. The average molecular weight is 680 g/mol. The molecule has 0 spiro atoms. The molecule has 0 N–H and O–H groups in total. The zero-order chi connectivity index (χ0) is 34.6. The Bertz CT molecular complexity index is 745. The van der Waals surface area contributed by atoms with E-state index < -0.39 is 7.92 Å². The lowest BCUT2D eigenvalue weighted by atomic mass is 10.1. The van der Waals surface area contributed by atoms with Crippen LogP contribution in [-0.4, -0.2) is 68.5 Å². The number of ether oxygens (including phenoxy) is 2. The highest BCUT2D eigenvalue weighted by molar-refractivity contribution is 7.74. The summed E-state index contributed by atoms with van der Waals surface area (Å²) in [5.74, 6) is -0.188. The molecule has 0 aromatic rings. The molecule has 0 radical (unpaired) electrons. The lowest BCUT2D eigenvalue weighted by Gasteiger charge is -2.17. The lowest BCUT2D eigenvalue weighted by Crippen LogP contribution is -2.14. The van der Waals surface area contributed by atoms with Gasteiger partial charge < -0.3 is 14.4 Å². The van der Waals surface area contributed by atoms with E-state index in [2.05, 4.69) is 45.0 Å². The van der Waals surface area contributed by atoms with Gasteiger partial charge in [0.1, 0.15) is 13.2 Å². The first kappa shape index (κ1) is 45.5. The fourth-order valence-electron chi connectivity index (χ4n) is 5.45. The first-order chi connectivity index (χ1) is 22.9. The summed E-state index contributed by atoms with van der Waals surface area (Å²) in [6.45, 7) is 6.19. The van der Waals surface area contributed by atoms with Crippen LogP contribution in [0.3, 0.4) is 0 Å². The van der Waals surface area contributed by atoms with Gasteiger partial charge >= 0.3 is 11.9 Å². The van der Waals surface area contributed by atoms with Crippen molar-refractivity contribution in [2.75, 3.05) is 46.2 Å². The molecule has 0 aromatic carbocycles. The van der Waals surface area contributed by atoms with Crippen LogP contribution in [0.5, 0.6) is 0 Å². The number of rotatable bonds is 35. The van der Waals surface area contributed by atoms with E-state index in [-0.39, 0.29) is 11.9 Å². The number of carbonyl (C=O) groups is 3. The van der Waals surface area contributed by atoms with E-state index in [1.807, 2.05) is 12.2 Å². The second-order valence-corrected chi connectivity index (χ2v) is 15.8. The highest BCUT2D eigenvalue weighted by Gasteiger charge is 2.17. The predicted octanol–water partition coefficient (Wildman–Crippen LogP) is 11.2. The van der Waals surface area contributed by atoms with Crippen molar-refractivity contribution in [1.29, 1.82) is 0 Å². The van der Waals surface area contributed by atoms with E-state index in [0.29, 0.717) is 38.0 Å². The predicted molar refractivity (Wildman–Crippen MR) is 203 cm³/mol. The summed E-state index contributed by atoms with van der Waals surface area (Å²) in [6.07, 6.45) is 35.7. The number of nitrogens with zero attached hydrogens (tertiary/aromatic N) is 1. The Hall–Kier alpha value is -1.52. The van der Waals surface area contributed by atoms with E-state index in [4.69, 9.17) is 9.47 Å². The van der Waals surface area contributed by atoms with Crippen molar-refractivity contribution < 1.29 is 23.9 Å². The van der Waals surface area contributed by atoms with Crippen LogP contribution in [-0.2, 0) is 23.9 Å². The first-order valence-electron chi connectivity index (χ1n) is 19.4. The van der Waals surface area contributed by atoms with Crippen molar-refractivity contribution >= 4 is 25.4 Å². The summed E-state index contributed by atoms with van der Waals surface area (Å²) >= 11 is 0. The molecule has 0 fully saturated rings. The molecule has 6 nitrogen and oxygen atoms in total. The van der Waals surface area contributed by atoms with E-state index in [1.165, 1.54) is 51.4 Å². The molecule has 0 amide bonds. The van der Waals surface area contributed by atoms with E-state index >= 15 is 0 Å². The Labute approximate surface area is 292 Å². The van der Waals surface area contributed by atoms with Crippen molar-refractivity contribution in [2.45, 2.75) is 168 Å². The Morgan fingerprint density at radius 3 is 1.38 bits per heavy atom. The van der Waals surface area contributed by atoms with Crippen molar-refractivity contribution in [3.8, 4) is 0 Å². The number of allylic oxidation sites excluding steroid dienone is 2. The van der Waals surface area contributed by atoms with E-state index in [1.54, 1.807) is 0 Å². The number of unbranched alkanes of at least 4 members (excludes halogenated alkanes) is 16. The van der Waals surface area contributed by atoms with E-state index in [0.717, 1.165) is 102 Å². The zero-order valence-corrected chi connectivity index (χ0v) is 32.1. The third kappa shape index (κ3) is 34.2. The van der Waals surface area contributed by atoms with Gasteiger partial charge in [0, 0.05) is 19.3 Å². The SMILES string of the molecule is CCCCCCC=CCOC(=O)CCCCCCCP(CCCCCCCC(=O)OCC=CCCCCCC)C(=O)CCCN(C)C. The van der Waals surface area contributed by atoms with Crippen LogP contribution in [0.15, 0.2) is 24.3 Å². The molecular weight excluding hydrogens is 605 g/mol. The van der Waals surface area contributed by atoms with Gasteiger partial charge in [0.2, 0.25) is 0 Å². The highest BCUT2D eigenvalue weighted by Crippen LogP contribution is 2.40. The summed E-state index contributed by atoms with van der Waals surface area (Å²) in [5, 5.41) is 0. The monoisotopic (exact) mass is 680 g/mol. The van der Waals surface area contributed by atoms with E-state index in [9.17, 15) is 14.4 Å². The van der Waals surface area contributed by atoms with Crippen LogP contribution in [0.25, 0.3) is 0 Å². The Morgan fingerprint density at radius 1 is 0.511 bits per heavy atom. The van der Waals surface area contributed by atoms with Crippen molar-refractivity contribution in [2.24, 2.45) is 0 Å². The Morgan fingerprint density at radius 2 is 0.936 bits per heavy atom. The summed E-state index contributed by atoms with van der Waals surface area (Å²) < 4.78 is 10.7. The molecular formula is C40H74NO5P. The molecule has 0 heterocycles. The molecule has 0 bridgehead atoms. The average Bonchev–Trinajstić information content (AvgIpc) is 3.05. The molecule has 274 valence electrons. The molecule has 47 heavy (non-hydrogen) atoms. The van der Waals surface area contributed by atoms with Gasteiger partial charge in [-0.25, -0.2) is 0 Å². The molecule has 0 saturated carbocycles. The van der Waals surface area contributed by atoms with Crippen molar-refractivity contribution in [3.05, 3.63) is 24.3 Å². The molecule has 0 atom stereocenters. The summed E-state index contributed by atoms with van der Waals surface area (Å²) in [4.78, 5) is 39.2. The molecule has 0 aliphatic carbocycles. The highest BCUT2D eigenvalue weighted by atomic mass is 31.1. The molecule has 0 unspecified atom stereocenters. The fourth-order valence-corrected chi connectivity index (χ4v) is 7.85. The number of carbonyl (C=O) groups excluding carboxylic acids is 3. The topological polar surface area (TPSA) is 72.9 Å². The largest absolute Gasteiger partial charge is 0.461 e. The first-order valence-corrected chi connectivity index (χ1v) is 21.2. The standard InChI is InChI=1S/C40H74NO5P/c1-5-7-9-11-13-19-25-34-45-38(42)30-23-17-15-21-27-36-47(40(44)32-29-33-41(3)4)37-28-22-16-18-24-31-39(43)46-35-26-20-14-12-10-8-6-2/h19-20,25-26H,5-18,21-24,27-37H2,1-4H3.